The number of amides is 2. The Labute approximate surface area is 99.4 Å². The molecule has 17 heavy (non-hydrogen) atoms. The minimum atomic E-state index is -1.10. The molecule has 0 bridgehead atoms. The van der Waals surface area contributed by atoms with Gasteiger partial charge in [-0.05, 0) is 6.92 Å². The number of rotatable bonds is 4. The zero-order chi connectivity index (χ0) is 13.0. The van der Waals surface area contributed by atoms with Crippen molar-refractivity contribution in [3.05, 3.63) is 0 Å². The number of methoxy groups -OCH3 is 1. The number of hydrogen-bond acceptors (Lipinski definition) is 4. The van der Waals surface area contributed by atoms with E-state index in [0.717, 1.165) is 4.90 Å². The van der Waals surface area contributed by atoms with Gasteiger partial charge in [-0.25, -0.2) is 9.59 Å². The predicted octanol–water partition coefficient (Wildman–Crippen LogP) is -0.749. The molecule has 1 aliphatic heterocycles. The van der Waals surface area contributed by atoms with Crippen LogP contribution in [0.4, 0.5) is 4.79 Å². The summed E-state index contributed by atoms with van der Waals surface area (Å²) < 4.78 is 4.86. The highest BCUT2D eigenvalue weighted by molar-refractivity contribution is 5.83. The largest absolute Gasteiger partial charge is 0.480 e. The number of aliphatic hydroxyl groups is 1. The highest BCUT2D eigenvalue weighted by atomic mass is 16.5. The van der Waals surface area contributed by atoms with Gasteiger partial charge in [-0.3, -0.25) is 0 Å². The van der Waals surface area contributed by atoms with E-state index in [-0.39, 0.29) is 19.0 Å². The standard InChI is InChI=1S/C10H18N2O5/c1-6(5-17-2)11-10(16)12-4-7(13)3-8(12)9(14)15/h6-8,13H,3-5H2,1-2H3,(H,11,16)(H,14,15)/t6?,7?,8-/m0/s1. The van der Waals surface area contributed by atoms with Crippen LogP contribution in [0.15, 0.2) is 0 Å². The Hall–Kier alpha value is -1.34. The van der Waals surface area contributed by atoms with Gasteiger partial charge in [-0.2, -0.15) is 0 Å². The highest BCUT2D eigenvalue weighted by Crippen LogP contribution is 2.18. The zero-order valence-electron chi connectivity index (χ0n) is 9.92. The summed E-state index contributed by atoms with van der Waals surface area (Å²) in [5.74, 6) is -1.10. The predicted molar refractivity (Wildman–Crippen MR) is 58.6 cm³/mol. The Balaban J connectivity index is 2.58. The van der Waals surface area contributed by atoms with Gasteiger partial charge in [0.05, 0.1) is 18.8 Å². The lowest BCUT2D eigenvalue weighted by Gasteiger charge is -2.23. The molecule has 0 spiro atoms. The molecular formula is C10H18N2O5. The van der Waals surface area contributed by atoms with Gasteiger partial charge in [0, 0.05) is 20.1 Å². The van der Waals surface area contributed by atoms with Crippen molar-refractivity contribution in [2.24, 2.45) is 0 Å². The van der Waals surface area contributed by atoms with E-state index >= 15 is 0 Å². The fourth-order valence-electron chi connectivity index (χ4n) is 1.86. The average molecular weight is 246 g/mol. The molecule has 7 heteroatoms. The van der Waals surface area contributed by atoms with Crippen LogP contribution in [0.2, 0.25) is 0 Å². The second-order valence-corrected chi connectivity index (χ2v) is 4.20. The average Bonchev–Trinajstić information content (AvgIpc) is 2.60. The molecule has 1 aliphatic rings. The molecule has 2 unspecified atom stereocenters. The van der Waals surface area contributed by atoms with Crippen LogP contribution in [0, 0.1) is 0 Å². The van der Waals surface area contributed by atoms with Crippen LogP contribution >= 0.6 is 0 Å². The summed E-state index contributed by atoms with van der Waals surface area (Å²) in [6.45, 7) is 2.14. The van der Waals surface area contributed by atoms with E-state index in [0.29, 0.717) is 6.61 Å². The van der Waals surface area contributed by atoms with Crippen LogP contribution in [0.1, 0.15) is 13.3 Å². The van der Waals surface area contributed by atoms with Crippen LogP contribution in [0.3, 0.4) is 0 Å². The molecule has 1 saturated heterocycles. The van der Waals surface area contributed by atoms with E-state index in [2.05, 4.69) is 5.32 Å². The first-order valence-electron chi connectivity index (χ1n) is 5.42. The number of carboxylic acids is 1. The number of nitrogens with zero attached hydrogens (tertiary/aromatic N) is 1. The number of β-amino-alcohol motifs (C(OH)–C–C–N with tert-alkyl or cyclic N) is 1. The molecule has 0 aromatic heterocycles. The van der Waals surface area contributed by atoms with Gasteiger partial charge >= 0.3 is 12.0 Å². The molecule has 1 rings (SSSR count). The molecule has 0 radical (unpaired) electrons. The molecule has 0 saturated carbocycles. The molecule has 3 N–H and O–H groups in total. The summed E-state index contributed by atoms with van der Waals surface area (Å²) in [6.07, 6.45) is -0.707. The minimum absolute atomic E-state index is 0.0441. The Bertz CT molecular complexity index is 296. The van der Waals surface area contributed by atoms with E-state index < -0.39 is 24.1 Å². The second kappa shape index (κ2) is 5.83. The lowest BCUT2D eigenvalue weighted by molar-refractivity contribution is -0.141. The summed E-state index contributed by atoms with van der Waals surface area (Å²) in [7, 11) is 1.52. The molecular weight excluding hydrogens is 228 g/mol. The molecule has 98 valence electrons. The van der Waals surface area contributed by atoms with Crippen molar-refractivity contribution in [2.75, 3.05) is 20.3 Å². The Morgan fingerprint density at radius 1 is 1.59 bits per heavy atom. The van der Waals surface area contributed by atoms with Crippen molar-refractivity contribution in [3.8, 4) is 0 Å². The summed E-state index contributed by atoms with van der Waals surface area (Å²) in [4.78, 5) is 23.8. The number of ether oxygens (including phenoxy) is 1. The van der Waals surface area contributed by atoms with Gasteiger partial charge in [-0.15, -0.1) is 0 Å². The minimum Gasteiger partial charge on any atom is -0.480 e. The van der Waals surface area contributed by atoms with Crippen molar-refractivity contribution < 1.29 is 24.5 Å². The lowest BCUT2D eigenvalue weighted by atomic mass is 10.2. The van der Waals surface area contributed by atoms with Crippen LogP contribution in [-0.2, 0) is 9.53 Å². The van der Waals surface area contributed by atoms with Crippen LogP contribution in [-0.4, -0.2) is 65.6 Å². The Kier molecular flexibility index (Phi) is 4.71. The molecule has 7 nitrogen and oxygen atoms in total. The van der Waals surface area contributed by atoms with Gasteiger partial charge < -0.3 is 25.2 Å². The SMILES string of the molecule is COCC(C)NC(=O)N1CC(O)C[C@H]1C(=O)O. The third-order valence-corrected chi connectivity index (χ3v) is 2.61. The van der Waals surface area contributed by atoms with Crippen molar-refractivity contribution in [2.45, 2.75) is 31.5 Å². The number of urea groups is 1. The maximum absolute atomic E-state index is 11.8. The second-order valence-electron chi connectivity index (χ2n) is 4.20. The number of carbonyl (C=O) groups excluding carboxylic acids is 1. The number of carboxylic acid groups (broad SMARTS) is 1. The fraction of sp³-hybridized carbons (Fsp3) is 0.800. The third-order valence-electron chi connectivity index (χ3n) is 2.61. The third kappa shape index (κ3) is 3.57. The highest BCUT2D eigenvalue weighted by Gasteiger charge is 2.39. The molecule has 1 heterocycles. The molecule has 1 fully saturated rings. The van der Waals surface area contributed by atoms with Crippen molar-refractivity contribution in [1.29, 1.82) is 0 Å². The van der Waals surface area contributed by atoms with E-state index in [9.17, 15) is 14.7 Å². The topological polar surface area (TPSA) is 99.1 Å². The fourth-order valence-corrected chi connectivity index (χ4v) is 1.86. The maximum Gasteiger partial charge on any atom is 0.326 e. The quantitative estimate of drug-likeness (QED) is 0.606. The molecule has 0 aromatic carbocycles. The van der Waals surface area contributed by atoms with Gasteiger partial charge in [0.15, 0.2) is 0 Å². The lowest BCUT2D eigenvalue weighted by Crippen LogP contribution is -2.49. The summed E-state index contributed by atoms with van der Waals surface area (Å²) in [5.41, 5.74) is 0. The number of carbonyl (C=O) groups is 2. The number of hydrogen-bond donors (Lipinski definition) is 3. The summed E-state index contributed by atoms with van der Waals surface area (Å²) in [5, 5.41) is 20.9. The normalized spacial score (nSPS) is 25.7. The number of aliphatic carboxylic acids is 1. The Morgan fingerprint density at radius 3 is 2.76 bits per heavy atom. The molecule has 0 aromatic rings. The van der Waals surface area contributed by atoms with Crippen molar-refractivity contribution in [3.63, 3.8) is 0 Å². The van der Waals surface area contributed by atoms with Crippen molar-refractivity contribution in [1.82, 2.24) is 10.2 Å². The zero-order valence-corrected chi connectivity index (χ0v) is 9.92. The monoisotopic (exact) mass is 246 g/mol. The van der Waals surface area contributed by atoms with Crippen LogP contribution < -0.4 is 5.32 Å². The van der Waals surface area contributed by atoms with E-state index in [1.807, 2.05) is 0 Å². The van der Waals surface area contributed by atoms with Gasteiger partial charge in [0.2, 0.25) is 0 Å². The summed E-state index contributed by atoms with van der Waals surface area (Å²) in [6, 6.07) is -1.65. The first-order valence-corrected chi connectivity index (χ1v) is 5.42. The number of aliphatic hydroxyl groups excluding tert-OH is 1. The van der Waals surface area contributed by atoms with Gasteiger partial charge in [0.1, 0.15) is 6.04 Å². The van der Waals surface area contributed by atoms with Gasteiger partial charge in [-0.1, -0.05) is 0 Å². The van der Waals surface area contributed by atoms with Gasteiger partial charge in [0.25, 0.3) is 0 Å². The maximum atomic E-state index is 11.8. The Morgan fingerprint density at radius 2 is 2.24 bits per heavy atom. The van der Waals surface area contributed by atoms with E-state index in [1.54, 1.807) is 6.92 Å². The molecule has 2 amide bonds. The number of likely N-dealkylation sites (tertiary alicyclic amines) is 1. The first kappa shape index (κ1) is 13.7. The van der Waals surface area contributed by atoms with Crippen LogP contribution in [0.25, 0.3) is 0 Å². The molecule has 3 atom stereocenters. The van der Waals surface area contributed by atoms with Crippen LogP contribution in [0.5, 0.6) is 0 Å². The molecule has 0 aliphatic carbocycles. The van der Waals surface area contributed by atoms with E-state index in [1.165, 1.54) is 7.11 Å². The van der Waals surface area contributed by atoms with Crippen molar-refractivity contribution >= 4 is 12.0 Å². The van der Waals surface area contributed by atoms with E-state index in [4.69, 9.17) is 9.84 Å². The first-order chi connectivity index (χ1) is 7.95. The summed E-state index contributed by atoms with van der Waals surface area (Å²) >= 11 is 0. The smallest absolute Gasteiger partial charge is 0.326 e. The number of nitrogens with one attached hydrogen (secondary N) is 1.